The van der Waals surface area contributed by atoms with Crippen LogP contribution < -0.4 is 10.9 Å². The number of urea groups is 1. The molecule has 2 aromatic heterocycles. The van der Waals surface area contributed by atoms with Crippen LogP contribution in [-0.2, 0) is 13.0 Å². The maximum atomic E-state index is 12.7. The van der Waals surface area contributed by atoms with Crippen molar-refractivity contribution >= 4 is 11.8 Å². The minimum absolute atomic E-state index is 0.0611. The van der Waals surface area contributed by atoms with Crippen LogP contribution in [0.25, 0.3) is 0 Å². The minimum atomic E-state index is -0.241. The number of hydrogen-bond acceptors (Lipinski definition) is 3. The molecule has 0 saturated heterocycles. The molecule has 2 N–H and O–H groups in total. The SMILES string of the molecule is Cc1cn(C(C)c2ccccc2)nc1NC(=O)N1CCc2cc[nH]c(=O)c2C1. The summed E-state index contributed by atoms with van der Waals surface area (Å²) < 4.78 is 1.86. The van der Waals surface area contributed by atoms with Gasteiger partial charge in [0, 0.05) is 30.1 Å². The number of nitrogens with one attached hydrogen (secondary N) is 2. The summed E-state index contributed by atoms with van der Waals surface area (Å²) in [6.45, 7) is 4.87. The summed E-state index contributed by atoms with van der Waals surface area (Å²) >= 11 is 0. The van der Waals surface area contributed by atoms with Crippen LogP contribution in [0, 0.1) is 6.92 Å². The Hall–Kier alpha value is -3.35. The van der Waals surface area contributed by atoms with E-state index in [1.54, 1.807) is 11.1 Å². The van der Waals surface area contributed by atoms with E-state index in [4.69, 9.17) is 0 Å². The van der Waals surface area contributed by atoms with Crippen molar-refractivity contribution in [2.75, 3.05) is 11.9 Å². The van der Waals surface area contributed by atoms with Gasteiger partial charge in [-0.1, -0.05) is 30.3 Å². The molecule has 0 bridgehead atoms. The fourth-order valence-electron chi connectivity index (χ4n) is 3.53. The summed E-state index contributed by atoms with van der Waals surface area (Å²) in [4.78, 5) is 29.1. The Kier molecular flexibility index (Phi) is 4.73. The van der Waals surface area contributed by atoms with E-state index in [0.717, 1.165) is 16.7 Å². The molecule has 1 aromatic carbocycles. The summed E-state index contributed by atoms with van der Waals surface area (Å²) in [5.74, 6) is 0.542. The summed E-state index contributed by atoms with van der Waals surface area (Å²) in [7, 11) is 0. The number of benzene rings is 1. The molecule has 3 aromatic rings. The van der Waals surface area contributed by atoms with E-state index in [-0.39, 0.29) is 17.6 Å². The van der Waals surface area contributed by atoms with Crippen molar-refractivity contribution in [1.29, 1.82) is 0 Å². The van der Waals surface area contributed by atoms with Crippen LogP contribution in [0.2, 0.25) is 0 Å². The van der Waals surface area contributed by atoms with Gasteiger partial charge in [-0.05, 0) is 37.5 Å². The Bertz CT molecular complexity index is 1050. The highest BCUT2D eigenvalue weighted by Crippen LogP contribution is 2.22. The lowest BCUT2D eigenvalue weighted by molar-refractivity contribution is 0.206. The number of aromatic nitrogens is 3. The zero-order valence-electron chi connectivity index (χ0n) is 16.0. The Balaban J connectivity index is 1.49. The molecule has 0 radical (unpaired) electrons. The molecule has 144 valence electrons. The van der Waals surface area contributed by atoms with Crippen LogP contribution in [0.4, 0.5) is 10.6 Å². The van der Waals surface area contributed by atoms with Crippen molar-refractivity contribution in [2.24, 2.45) is 0 Å². The number of amides is 2. The third-order valence-electron chi connectivity index (χ3n) is 5.27. The number of carbonyl (C=O) groups excluding carboxylic acids is 1. The van der Waals surface area contributed by atoms with Gasteiger partial charge in [0.05, 0.1) is 12.6 Å². The molecule has 3 heterocycles. The summed E-state index contributed by atoms with van der Waals surface area (Å²) in [5, 5.41) is 7.47. The predicted octanol–water partition coefficient (Wildman–Crippen LogP) is 3.08. The van der Waals surface area contributed by atoms with Crippen LogP contribution >= 0.6 is 0 Å². The van der Waals surface area contributed by atoms with Crippen molar-refractivity contribution in [3.63, 3.8) is 0 Å². The number of pyridine rings is 1. The zero-order chi connectivity index (χ0) is 19.7. The van der Waals surface area contributed by atoms with Crippen LogP contribution in [0.3, 0.4) is 0 Å². The number of fused-ring (bicyclic) bond motifs is 1. The van der Waals surface area contributed by atoms with Gasteiger partial charge in [0.25, 0.3) is 5.56 Å². The highest BCUT2D eigenvalue weighted by Gasteiger charge is 2.24. The fourth-order valence-corrected chi connectivity index (χ4v) is 3.53. The number of rotatable bonds is 3. The van der Waals surface area contributed by atoms with Crippen LogP contribution in [0.5, 0.6) is 0 Å². The van der Waals surface area contributed by atoms with E-state index in [1.807, 2.05) is 42.1 Å². The Morgan fingerprint density at radius 2 is 2.04 bits per heavy atom. The highest BCUT2D eigenvalue weighted by molar-refractivity contribution is 5.89. The molecule has 1 unspecified atom stereocenters. The van der Waals surface area contributed by atoms with Crippen LogP contribution in [0.1, 0.15) is 35.2 Å². The van der Waals surface area contributed by atoms with Gasteiger partial charge in [-0.15, -0.1) is 0 Å². The fraction of sp³-hybridized carbons (Fsp3) is 0.286. The van der Waals surface area contributed by atoms with E-state index in [2.05, 4.69) is 34.5 Å². The lowest BCUT2D eigenvalue weighted by Crippen LogP contribution is -2.41. The number of H-pyrrole nitrogens is 1. The smallest absolute Gasteiger partial charge is 0.323 e. The molecule has 1 atom stereocenters. The van der Waals surface area contributed by atoms with Crippen molar-refractivity contribution in [1.82, 2.24) is 19.7 Å². The standard InChI is InChI=1S/C21H23N5O2/c1-14-12-26(15(2)16-6-4-3-5-7-16)24-19(14)23-21(28)25-11-9-17-8-10-22-20(27)18(17)13-25/h3-8,10,12,15H,9,11,13H2,1-2H3,(H,22,27)(H,23,24,28). The average Bonchev–Trinajstić information content (AvgIpc) is 3.08. The first kappa shape index (κ1) is 18.0. The van der Waals surface area contributed by atoms with Gasteiger partial charge >= 0.3 is 6.03 Å². The lowest BCUT2D eigenvalue weighted by atomic mass is 10.0. The first-order valence-corrected chi connectivity index (χ1v) is 9.39. The van der Waals surface area contributed by atoms with Gasteiger partial charge in [-0.3, -0.25) is 14.8 Å². The van der Waals surface area contributed by atoms with Crippen molar-refractivity contribution in [2.45, 2.75) is 32.9 Å². The van der Waals surface area contributed by atoms with E-state index < -0.39 is 0 Å². The van der Waals surface area contributed by atoms with Crippen molar-refractivity contribution in [3.8, 4) is 0 Å². The molecular formula is C21H23N5O2. The molecule has 7 nitrogen and oxygen atoms in total. The Labute approximate surface area is 163 Å². The van der Waals surface area contributed by atoms with Crippen molar-refractivity contribution in [3.05, 3.63) is 81.4 Å². The van der Waals surface area contributed by atoms with E-state index in [9.17, 15) is 9.59 Å². The molecule has 0 spiro atoms. The second kappa shape index (κ2) is 7.34. The van der Waals surface area contributed by atoms with E-state index in [0.29, 0.717) is 30.9 Å². The summed E-state index contributed by atoms with van der Waals surface area (Å²) in [6, 6.07) is 11.8. The Morgan fingerprint density at radius 1 is 1.25 bits per heavy atom. The molecule has 2 amide bonds. The molecule has 1 aliphatic rings. The number of aryl methyl sites for hydroxylation is 1. The molecule has 0 aliphatic carbocycles. The molecule has 4 rings (SSSR count). The topological polar surface area (TPSA) is 83.0 Å². The quantitative estimate of drug-likeness (QED) is 0.736. The highest BCUT2D eigenvalue weighted by atomic mass is 16.2. The van der Waals surface area contributed by atoms with Crippen LogP contribution in [-0.4, -0.2) is 32.2 Å². The second-order valence-corrected chi connectivity index (χ2v) is 7.14. The molecule has 28 heavy (non-hydrogen) atoms. The third-order valence-corrected chi connectivity index (χ3v) is 5.27. The molecule has 0 saturated carbocycles. The maximum Gasteiger partial charge on any atom is 0.323 e. The van der Waals surface area contributed by atoms with Gasteiger partial charge in [0.15, 0.2) is 5.82 Å². The van der Waals surface area contributed by atoms with Gasteiger partial charge < -0.3 is 9.88 Å². The third kappa shape index (κ3) is 3.43. The van der Waals surface area contributed by atoms with Crippen molar-refractivity contribution < 1.29 is 4.79 Å². The largest absolute Gasteiger partial charge is 0.329 e. The second-order valence-electron chi connectivity index (χ2n) is 7.14. The molecule has 7 heteroatoms. The molecule has 1 aliphatic heterocycles. The lowest BCUT2D eigenvalue weighted by Gasteiger charge is -2.28. The number of anilines is 1. The maximum absolute atomic E-state index is 12.7. The molecular weight excluding hydrogens is 354 g/mol. The van der Waals surface area contributed by atoms with Gasteiger partial charge in [0.2, 0.25) is 0 Å². The van der Waals surface area contributed by atoms with Gasteiger partial charge in [-0.25, -0.2) is 4.79 Å². The first-order valence-electron chi connectivity index (χ1n) is 9.39. The number of nitrogens with zero attached hydrogens (tertiary/aromatic N) is 3. The summed E-state index contributed by atoms with van der Waals surface area (Å²) in [5.41, 5.74) is 3.57. The zero-order valence-corrected chi connectivity index (χ0v) is 16.0. The number of aromatic amines is 1. The van der Waals surface area contributed by atoms with E-state index >= 15 is 0 Å². The Morgan fingerprint density at radius 3 is 2.82 bits per heavy atom. The van der Waals surface area contributed by atoms with Crippen LogP contribution in [0.15, 0.2) is 53.6 Å². The number of hydrogen-bond donors (Lipinski definition) is 2. The minimum Gasteiger partial charge on any atom is -0.329 e. The average molecular weight is 377 g/mol. The normalized spacial score (nSPS) is 14.4. The predicted molar refractivity (Wildman–Crippen MR) is 107 cm³/mol. The monoisotopic (exact) mass is 377 g/mol. The molecule has 0 fully saturated rings. The van der Waals surface area contributed by atoms with Gasteiger partial charge in [-0.2, -0.15) is 5.10 Å². The van der Waals surface area contributed by atoms with Gasteiger partial charge in [0.1, 0.15) is 0 Å². The number of carbonyl (C=O) groups is 1. The van der Waals surface area contributed by atoms with E-state index in [1.165, 1.54) is 0 Å². The summed E-state index contributed by atoms with van der Waals surface area (Å²) in [6.07, 6.45) is 4.26. The first-order chi connectivity index (χ1) is 13.5.